The lowest BCUT2D eigenvalue weighted by Gasteiger charge is -2.42. The van der Waals surface area contributed by atoms with Gasteiger partial charge in [0.05, 0.1) is 14.4 Å². The molecule has 0 amide bonds. The van der Waals surface area contributed by atoms with Gasteiger partial charge in [0.15, 0.2) is 0 Å². The number of ether oxygens (including phenoxy) is 2. The topological polar surface area (TPSA) is 116 Å². The SMILES string of the molecule is CC(c1ccc(O)c(-c2ccc(O)c(Br)c2)c1Br)(c1ccc(O)c(-c2ccc(O)c(Br)c2)c1Br)C1OC(=O)O1. The summed E-state index contributed by atoms with van der Waals surface area (Å²) in [7, 11) is 0. The van der Waals surface area contributed by atoms with Gasteiger partial charge >= 0.3 is 6.16 Å². The number of aromatic hydroxyl groups is 4. The predicted octanol–water partition coefficient (Wildman–Crippen LogP) is 8.69. The van der Waals surface area contributed by atoms with E-state index in [9.17, 15) is 25.2 Å². The Morgan fingerprint density at radius 1 is 0.641 bits per heavy atom. The first kappa shape index (κ1) is 27.8. The summed E-state index contributed by atoms with van der Waals surface area (Å²) in [5, 5.41) is 41.7. The Bertz CT molecular complexity index is 1540. The van der Waals surface area contributed by atoms with Gasteiger partial charge in [-0.3, -0.25) is 0 Å². The fraction of sp³-hybridized carbons (Fsp3) is 0.107. The van der Waals surface area contributed by atoms with Gasteiger partial charge in [0, 0.05) is 20.1 Å². The first-order valence-electron chi connectivity index (χ1n) is 11.3. The van der Waals surface area contributed by atoms with Crippen molar-refractivity contribution in [3.05, 3.63) is 89.7 Å². The molecule has 11 heteroatoms. The van der Waals surface area contributed by atoms with Crippen LogP contribution in [-0.4, -0.2) is 32.9 Å². The monoisotopic (exact) mass is 782 g/mol. The largest absolute Gasteiger partial charge is 0.514 e. The molecular weight excluding hydrogens is 768 g/mol. The van der Waals surface area contributed by atoms with Crippen LogP contribution in [-0.2, 0) is 14.9 Å². The van der Waals surface area contributed by atoms with E-state index in [4.69, 9.17) is 9.47 Å². The maximum Gasteiger partial charge on any atom is 0.514 e. The highest BCUT2D eigenvalue weighted by Gasteiger charge is 2.51. The van der Waals surface area contributed by atoms with E-state index < -0.39 is 17.9 Å². The van der Waals surface area contributed by atoms with E-state index in [0.29, 0.717) is 51.3 Å². The zero-order valence-electron chi connectivity index (χ0n) is 19.9. The van der Waals surface area contributed by atoms with Gasteiger partial charge in [-0.05, 0) is 129 Å². The number of halogens is 4. The number of carbonyl (C=O) groups excluding carboxylic acids is 1. The number of phenolic OH excluding ortho intramolecular Hbond substituents is 4. The van der Waals surface area contributed by atoms with Crippen molar-refractivity contribution in [3.8, 4) is 45.3 Å². The minimum absolute atomic E-state index is 0.0171. The van der Waals surface area contributed by atoms with E-state index in [-0.39, 0.29) is 23.0 Å². The van der Waals surface area contributed by atoms with Crippen molar-refractivity contribution in [1.29, 1.82) is 0 Å². The minimum Gasteiger partial charge on any atom is -0.507 e. The molecule has 7 nitrogen and oxygen atoms in total. The molecule has 4 aromatic rings. The molecule has 0 aliphatic carbocycles. The lowest BCUT2D eigenvalue weighted by molar-refractivity contribution is -0.208. The lowest BCUT2D eigenvalue weighted by Crippen LogP contribution is -2.51. The second-order valence-corrected chi connectivity index (χ2v) is 12.3. The average molecular weight is 786 g/mol. The molecule has 0 saturated carbocycles. The van der Waals surface area contributed by atoms with Crippen LogP contribution in [0.3, 0.4) is 0 Å². The van der Waals surface area contributed by atoms with Crippen LogP contribution in [0.4, 0.5) is 4.79 Å². The smallest absolute Gasteiger partial charge is 0.507 e. The number of hydrogen-bond donors (Lipinski definition) is 4. The summed E-state index contributed by atoms with van der Waals surface area (Å²) >= 11 is 14.0. The fourth-order valence-electron chi connectivity index (χ4n) is 4.63. The summed E-state index contributed by atoms with van der Waals surface area (Å²) in [5.41, 5.74) is 2.19. The van der Waals surface area contributed by atoms with Crippen molar-refractivity contribution < 1.29 is 34.7 Å². The summed E-state index contributed by atoms with van der Waals surface area (Å²) < 4.78 is 12.8. The van der Waals surface area contributed by atoms with E-state index in [1.165, 1.54) is 24.3 Å². The van der Waals surface area contributed by atoms with Crippen molar-refractivity contribution >= 4 is 69.9 Å². The first-order valence-corrected chi connectivity index (χ1v) is 14.5. The second-order valence-electron chi connectivity index (χ2n) is 8.99. The van der Waals surface area contributed by atoms with Gasteiger partial charge in [-0.15, -0.1) is 0 Å². The molecular formula is C28H18Br4O7. The molecule has 200 valence electrons. The van der Waals surface area contributed by atoms with Gasteiger partial charge in [-0.1, -0.05) is 24.3 Å². The highest BCUT2D eigenvalue weighted by Crippen LogP contribution is 2.52. The molecule has 0 atom stereocenters. The zero-order chi connectivity index (χ0) is 28.2. The third-order valence-corrected chi connectivity index (χ3v) is 9.63. The molecule has 4 aromatic carbocycles. The predicted molar refractivity (Wildman–Crippen MR) is 159 cm³/mol. The molecule has 0 spiro atoms. The maximum atomic E-state index is 11.8. The first-order chi connectivity index (χ1) is 18.4. The van der Waals surface area contributed by atoms with E-state index in [1.807, 2.05) is 6.92 Å². The Hall–Kier alpha value is -2.73. The lowest BCUT2D eigenvalue weighted by atomic mass is 9.73. The highest BCUT2D eigenvalue weighted by molar-refractivity contribution is 9.11. The van der Waals surface area contributed by atoms with Crippen LogP contribution in [0.1, 0.15) is 18.1 Å². The van der Waals surface area contributed by atoms with Crippen LogP contribution in [0.5, 0.6) is 23.0 Å². The van der Waals surface area contributed by atoms with Gasteiger partial charge in [0.2, 0.25) is 0 Å². The van der Waals surface area contributed by atoms with Crippen LogP contribution in [0.15, 0.2) is 78.6 Å². The maximum absolute atomic E-state index is 11.8. The van der Waals surface area contributed by atoms with Crippen LogP contribution in [0.25, 0.3) is 22.3 Å². The van der Waals surface area contributed by atoms with Crippen LogP contribution >= 0.6 is 63.7 Å². The standard InChI is InChI=1S/C28H18Br4O7/c1-28(26-38-27(37)39-26,14-4-8-20(35)22(24(14)31)12-2-6-18(33)16(29)10-12)15-5-9-21(36)23(25(15)32)13-3-7-19(34)17(30)11-13/h2-11,26,33-36H,1H3. The van der Waals surface area contributed by atoms with Crippen LogP contribution in [0.2, 0.25) is 0 Å². The molecule has 0 aromatic heterocycles. The number of hydrogen-bond acceptors (Lipinski definition) is 7. The molecule has 0 bridgehead atoms. The van der Waals surface area contributed by atoms with E-state index in [2.05, 4.69) is 63.7 Å². The molecule has 1 fully saturated rings. The molecule has 1 heterocycles. The number of cyclic esters (lactones) is 2. The Morgan fingerprint density at radius 2 is 1.03 bits per heavy atom. The molecule has 39 heavy (non-hydrogen) atoms. The number of rotatable bonds is 5. The Morgan fingerprint density at radius 3 is 1.38 bits per heavy atom. The number of phenols is 4. The van der Waals surface area contributed by atoms with Crippen molar-refractivity contribution in [2.45, 2.75) is 18.6 Å². The Kier molecular flexibility index (Phi) is 7.38. The second kappa shape index (κ2) is 10.3. The fourth-order valence-corrected chi connectivity index (χ4v) is 7.34. The van der Waals surface area contributed by atoms with Gasteiger partial charge in [-0.2, -0.15) is 0 Å². The molecule has 1 aliphatic heterocycles. The van der Waals surface area contributed by atoms with Gasteiger partial charge in [0.1, 0.15) is 23.0 Å². The number of carbonyl (C=O) groups is 1. The Labute approximate surface area is 256 Å². The van der Waals surface area contributed by atoms with Crippen LogP contribution < -0.4 is 0 Å². The molecule has 1 aliphatic rings. The molecule has 0 radical (unpaired) electrons. The van der Waals surface area contributed by atoms with Crippen molar-refractivity contribution in [2.75, 3.05) is 0 Å². The average Bonchev–Trinajstić information content (AvgIpc) is 2.86. The van der Waals surface area contributed by atoms with Crippen molar-refractivity contribution in [1.82, 2.24) is 0 Å². The molecule has 0 unspecified atom stereocenters. The summed E-state index contributed by atoms with van der Waals surface area (Å²) in [6, 6.07) is 16.1. The molecule has 1 saturated heterocycles. The van der Waals surface area contributed by atoms with Gasteiger partial charge < -0.3 is 29.9 Å². The quantitative estimate of drug-likeness (QED) is 0.150. The van der Waals surface area contributed by atoms with E-state index in [1.54, 1.807) is 36.4 Å². The molecule has 5 rings (SSSR count). The summed E-state index contributed by atoms with van der Waals surface area (Å²) in [6.07, 6.45) is -1.85. The third-order valence-electron chi connectivity index (χ3n) is 6.71. The third kappa shape index (κ3) is 4.69. The summed E-state index contributed by atoms with van der Waals surface area (Å²) in [5.74, 6) is 0.0612. The van der Waals surface area contributed by atoms with Crippen molar-refractivity contribution in [3.63, 3.8) is 0 Å². The van der Waals surface area contributed by atoms with E-state index in [0.717, 1.165) is 0 Å². The normalized spacial score (nSPS) is 13.5. The van der Waals surface area contributed by atoms with Gasteiger partial charge in [0.25, 0.3) is 6.29 Å². The van der Waals surface area contributed by atoms with Gasteiger partial charge in [-0.25, -0.2) is 4.79 Å². The zero-order valence-corrected chi connectivity index (χ0v) is 26.2. The number of benzene rings is 4. The highest BCUT2D eigenvalue weighted by atomic mass is 79.9. The van der Waals surface area contributed by atoms with Crippen molar-refractivity contribution in [2.24, 2.45) is 0 Å². The molecule has 4 N–H and O–H groups in total. The summed E-state index contributed by atoms with van der Waals surface area (Å²) in [6.45, 7) is 1.82. The Balaban J connectivity index is 1.76. The minimum atomic E-state index is -1.15. The summed E-state index contributed by atoms with van der Waals surface area (Å²) in [4.78, 5) is 11.8. The van der Waals surface area contributed by atoms with E-state index >= 15 is 0 Å². The van der Waals surface area contributed by atoms with Crippen LogP contribution in [0, 0.1) is 0 Å².